The summed E-state index contributed by atoms with van der Waals surface area (Å²) in [4.78, 5) is 29.1. The normalized spacial score (nSPS) is 18.6. The molecule has 1 atom stereocenters. The second-order valence-corrected chi connectivity index (χ2v) is 5.94. The Bertz CT molecular complexity index is 647. The maximum Gasteiger partial charge on any atom is 0.251 e. The van der Waals surface area contributed by atoms with Crippen LogP contribution in [-0.2, 0) is 4.79 Å². The Morgan fingerprint density at radius 2 is 2.00 bits per heavy atom. The molecule has 2 amide bonds. The maximum atomic E-state index is 11.6. The van der Waals surface area contributed by atoms with Gasteiger partial charge in [0.15, 0.2) is 0 Å². The largest absolute Gasteiger partial charge is 0.355 e. The lowest BCUT2D eigenvalue weighted by molar-refractivity contribution is -0.117. The molecule has 128 valence electrons. The second kappa shape index (κ2) is 8.43. The third kappa shape index (κ3) is 4.10. The van der Waals surface area contributed by atoms with E-state index in [9.17, 15) is 9.59 Å². The Morgan fingerprint density at radius 1 is 1.33 bits per heavy atom. The van der Waals surface area contributed by atoms with Crippen LogP contribution in [0.25, 0.3) is 5.57 Å². The average molecular weight is 327 g/mol. The third-order valence-corrected chi connectivity index (χ3v) is 4.46. The van der Waals surface area contributed by atoms with Crippen LogP contribution >= 0.6 is 0 Å². The van der Waals surface area contributed by atoms with Crippen LogP contribution in [0.15, 0.2) is 35.5 Å². The highest BCUT2D eigenvalue weighted by atomic mass is 16.1. The number of nitrogens with zero attached hydrogens (tertiary/aromatic N) is 2. The number of hydrogen-bond acceptors (Lipinski definition) is 3. The molecule has 1 N–H and O–H groups in total. The fourth-order valence-corrected chi connectivity index (χ4v) is 2.98. The molecule has 1 heterocycles. The van der Waals surface area contributed by atoms with Gasteiger partial charge in [-0.3, -0.25) is 14.6 Å². The average Bonchev–Trinajstić information content (AvgIpc) is 3.10. The molecule has 0 aliphatic carbocycles. The predicted octanol–water partition coefficient (Wildman–Crippen LogP) is 2.88. The van der Waals surface area contributed by atoms with Crippen LogP contribution in [0.5, 0.6) is 0 Å². The van der Waals surface area contributed by atoms with Crippen LogP contribution in [0.4, 0.5) is 0 Å². The summed E-state index contributed by atoms with van der Waals surface area (Å²) >= 11 is 0. The minimum Gasteiger partial charge on any atom is -0.355 e. The number of hydrogen-bond donors (Lipinski definition) is 1. The first kappa shape index (κ1) is 17.9. The summed E-state index contributed by atoms with van der Waals surface area (Å²) < 4.78 is 0. The fourth-order valence-electron chi connectivity index (χ4n) is 2.98. The Labute approximate surface area is 143 Å². The van der Waals surface area contributed by atoms with Crippen molar-refractivity contribution < 1.29 is 9.59 Å². The number of allylic oxidation sites excluding steroid dienone is 1. The van der Waals surface area contributed by atoms with Crippen molar-refractivity contribution in [2.75, 3.05) is 13.6 Å². The van der Waals surface area contributed by atoms with Gasteiger partial charge in [-0.1, -0.05) is 19.1 Å². The van der Waals surface area contributed by atoms with Gasteiger partial charge < -0.3 is 10.2 Å². The molecular formula is C19H25N3O2. The minimum atomic E-state index is -0.0902. The first-order valence-corrected chi connectivity index (χ1v) is 8.37. The van der Waals surface area contributed by atoms with Crippen molar-refractivity contribution in [3.8, 4) is 0 Å². The lowest BCUT2D eigenvalue weighted by Gasteiger charge is -2.19. The fraction of sp³-hybridized carbons (Fsp3) is 0.421. The third-order valence-electron chi connectivity index (χ3n) is 4.46. The molecule has 0 spiro atoms. The number of carbonyl (C=O) groups excluding carboxylic acids is 2. The summed E-state index contributed by atoms with van der Waals surface area (Å²) in [5.74, 6) is -0.0902. The van der Waals surface area contributed by atoms with Gasteiger partial charge in [0.05, 0.1) is 6.04 Å². The van der Waals surface area contributed by atoms with Gasteiger partial charge in [-0.15, -0.1) is 0 Å². The van der Waals surface area contributed by atoms with E-state index < -0.39 is 0 Å². The quantitative estimate of drug-likeness (QED) is 0.645. The molecule has 0 bridgehead atoms. The van der Waals surface area contributed by atoms with E-state index in [1.807, 2.05) is 42.3 Å². The van der Waals surface area contributed by atoms with E-state index in [2.05, 4.69) is 17.2 Å². The Balaban J connectivity index is 2.18. The molecule has 0 saturated carbocycles. The lowest BCUT2D eigenvalue weighted by atomic mass is 10.0. The van der Waals surface area contributed by atoms with Gasteiger partial charge in [0, 0.05) is 31.1 Å². The van der Waals surface area contributed by atoms with Gasteiger partial charge in [-0.05, 0) is 49.5 Å². The van der Waals surface area contributed by atoms with Crippen molar-refractivity contribution in [3.05, 3.63) is 41.6 Å². The van der Waals surface area contributed by atoms with Crippen LogP contribution in [0.2, 0.25) is 0 Å². The molecule has 0 aromatic heterocycles. The molecule has 1 aromatic rings. The van der Waals surface area contributed by atoms with Crippen molar-refractivity contribution in [2.45, 2.75) is 39.2 Å². The predicted molar refractivity (Wildman–Crippen MR) is 97.0 cm³/mol. The van der Waals surface area contributed by atoms with Crippen molar-refractivity contribution in [3.63, 3.8) is 0 Å². The first-order chi connectivity index (χ1) is 11.6. The Hall–Kier alpha value is -2.43. The molecule has 1 fully saturated rings. The summed E-state index contributed by atoms with van der Waals surface area (Å²) in [5.41, 5.74) is 3.77. The summed E-state index contributed by atoms with van der Waals surface area (Å²) in [7, 11) is 1.62. The highest BCUT2D eigenvalue weighted by Gasteiger charge is 2.24. The number of nitrogens with one attached hydrogen (secondary N) is 1. The maximum absolute atomic E-state index is 11.6. The van der Waals surface area contributed by atoms with Gasteiger partial charge >= 0.3 is 0 Å². The summed E-state index contributed by atoms with van der Waals surface area (Å²) in [5, 5.41) is 2.62. The van der Waals surface area contributed by atoms with Crippen LogP contribution in [0, 0.1) is 0 Å². The highest BCUT2D eigenvalue weighted by molar-refractivity contribution is 5.94. The van der Waals surface area contributed by atoms with Crippen LogP contribution in [0.1, 0.15) is 49.0 Å². The summed E-state index contributed by atoms with van der Waals surface area (Å²) in [6.45, 7) is 4.87. The monoisotopic (exact) mass is 327 g/mol. The highest BCUT2D eigenvalue weighted by Crippen LogP contribution is 2.20. The van der Waals surface area contributed by atoms with Crippen LogP contribution in [0.3, 0.4) is 0 Å². The molecule has 1 aromatic carbocycles. The van der Waals surface area contributed by atoms with E-state index in [0.717, 1.165) is 49.1 Å². The van der Waals surface area contributed by atoms with Crippen molar-refractivity contribution in [1.29, 1.82) is 0 Å². The summed E-state index contributed by atoms with van der Waals surface area (Å²) in [6.07, 6.45) is 5.65. The molecular weight excluding hydrogens is 302 g/mol. The van der Waals surface area contributed by atoms with Gasteiger partial charge in [0.25, 0.3) is 5.91 Å². The molecule has 0 radical (unpaired) electrons. The smallest absolute Gasteiger partial charge is 0.251 e. The summed E-state index contributed by atoms with van der Waals surface area (Å²) in [6, 6.07) is 7.64. The van der Waals surface area contributed by atoms with Gasteiger partial charge in [0.1, 0.15) is 0 Å². The van der Waals surface area contributed by atoms with Gasteiger partial charge in [-0.2, -0.15) is 0 Å². The zero-order valence-corrected chi connectivity index (χ0v) is 14.6. The second-order valence-electron chi connectivity index (χ2n) is 5.94. The Morgan fingerprint density at radius 3 is 2.58 bits per heavy atom. The van der Waals surface area contributed by atoms with E-state index in [1.54, 1.807) is 7.05 Å². The van der Waals surface area contributed by atoms with Crippen LogP contribution < -0.4 is 5.32 Å². The molecule has 1 aliphatic rings. The van der Waals surface area contributed by atoms with Crippen molar-refractivity contribution in [1.82, 2.24) is 10.2 Å². The molecule has 1 aliphatic heterocycles. The number of amides is 2. The number of rotatable bonds is 6. The number of aliphatic imine (C=N–C) groups is 1. The van der Waals surface area contributed by atoms with E-state index in [-0.39, 0.29) is 11.9 Å². The molecule has 2 rings (SSSR count). The molecule has 1 saturated heterocycles. The van der Waals surface area contributed by atoms with Gasteiger partial charge in [-0.25, -0.2) is 0 Å². The zero-order valence-electron chi connectivity index (χ0n) is 14.6. The van der Waals surface area contributed by atoms with E-state index in [1.165, 1.54) is 0 Å². The van der Waals surface area contributed by atoms with Crippen molar-refractivity contribution >= 4 is 23.6 Å². The van der Waals surface area contributed by atoms with Gasteiger partial charge in [0.2, 0.25) is 6.41 Å². The zero-order chi connectivity index (χ0) is 17.5. The molecule has 1 unspecified atom stereocenters. The Kier molecular flexibility index (Phi) is 6.29. The number of benzene rings is 1. The molecule has 5 nitrogen and oxygen atoms in total. The van der Waals surface area contributed by atoms with E-state index in [0.29, 0.717) is 5.56 Å². The topological polar surface area (TPSA) is 61.8 Å². The standard InChI is InChI=1S/C19H25N3O2/c1-4-15(16-7-9-17(10-8-16)19(24)20-3)12-21-14(2)18-6-5-11-22(18)13-23/h7-10,12-13,18H,4-6,11H2,1-3H3,(H,20,24)/b15-12+,21-14+. The SMILES string of the molecule is CC/C(=C\N=C(/C)C1CCCN1C=O)c1ccc(C(=O)NC)cc1. The lowest BCUT2D eigenvalue weighted by Crippen LogP contribution is -2.33. The number of carbonyl (C=O) groups is 2. The molecule has 24 heavy (non-hydrogen) atoms. The van der Waals surface area contributed by atoms with Crippen molar-refractivity contribution in [2.24, 2.45) is 4.99 Å². The number of likely N-dealkylation sites (tertiary alicyclic amines) is 1. The van der Waals surface area contributed by atoms with E-state index >= 15 is 0 Å². The first-order valence-electron chi connectivity index (χ1n) is 8.37. The van der Waals surface area contributed by atoms with E-state index in [4.69, 9.17) is 0 Å². The van der Waals surface area contributed by atoms with Crippen LogP contribution in [-0.4, -0.2) is 42.6 Å². The minimum absolute atomic E-state index is 0.0902. The molecule has 5 heteroatoms.